The van der Waals surface area contributed by atoms with Crippen molar-refractivity contribution in [2.75, 3.05) is 11.9 Å². The quantitative estimate of drug-likeness (QED) is 0.324. The van der Waals surface area contributed by atoms with E-state index in [2.05, 4.69) is 10.4 Å². The highest BCUT2D eigenvalue weighted by Crippen LogP contribution is 2.52. The normalized spacial score (nSPS) is 24.2. The molecule has 3 aromatic rings. The van der Waals surface area contributed by atoms with Gasteiger partial charge in [-0.05, 0) is 59.4 Å². The molecule has 4 unspecified atom stereocenters. The lowest BCUT2D eigenvalue weighted by molar-refractivity contribution is -0.140. The molecule has 1 saturated carbocycles. The zero-order valence-electron chi connectivity index (χ0n) is 19.1. The first-order chi connectivity index (χ1) is 17.5. The van der Waals surface area contributed by atoms with Gasteiger partial charge in [-0.15, -0.1) is 0 Å². The van der Waals surface area contributed by atoms with Gasteiger partial charge >= 0.3 is 0 Å². The zero-order valence-corrected chi connectivity index (χ0v) is 19.1. The number of carbonyl (C=O) groups is 3. The van der Waals surface area contributed by atoms with Crippen LogP contribution in [0.4, 0.5) is 10.1 Å². The number of nitrogens with zero attached hydrogens (tertiary/aromatic N) is 2. The van der Waals surface area contributed by atoms with E-state index in [0.29, 0.717) is 17.0 Å². The van der Waals surface area contributed by atoms with E-state index in [0.717, 1.165) is 22.2 Å². The summed E-state index contributed by atoms with van der Waals surface area (Å²) in [6.07, 6.45) is 6.39. The summed E-state index contributed by atoms with van der Waals surface area (Å²) in [6.45, 7) is -0.294. The minimum atomic E-state index is -0.418. The Kier molecular flexibility index (Phi) is 5.36. The third-order valence-corrected chi connectivity index (χ3v) is 7.17. The Morgan fingerprint density at radius 2 is 1.69 bits per heavy atom. The standard InChI is InChI=1S/C28H22FN3O4/c29-19-8-10-20(11-9-19)31-24(33)15-36-23-12-7-16-3-1-2-4-21(16)22(23)14-30-32-27(34)25-17-5-6-18(13-17)26(25)28(32)35/h1-12,14,17-18,25-26H,13,15H2,(H,31,33). The summed E-state index contributed by atoms with van der Waals surface area (Å²) in [5.41, 5.74) is 1.01. The predicted octanol–water partition coefficient (Wildman–Crippen LogP) is 4.14. The van der Waals surface area contributed by atoms with Gasteiger partial charge in [-0.2, -0.15) is 10.1 Å². The lowest BCUT2D eigenvalue weighted by Gasteiger charge is -2.14. The molecule has 3 aliphatic rings. The molecule has 4 atom stereocenters. The molecule has 2 fully saturated rings. The van der Waals surface area contributed by atoms with Crippen molar-refractivity contribution in [1.82, 2.24) is 5.01 Å². The van der Waals surface area contributed by atoms with Crippen LogP contribution < -0.4 is 10.1 Å². The first kappa shape index (κ1) is 22.2. The van der Waals surface area contributed by atoms with Gasteiger partial charge in [-0.3, -0.25) is 14.4 Å². The first-order valence-electron chi connectivity index (χ1n) is 11.8. The zero-order chi connectivity index (χ0) is 24.8. The number of allylic oxidation sites excluding steroid dienone is 2. The Hall–Kier alpha value is -4.33. The van der Waals surface area contributed by atoms with Crippen LogP contribution in [0.2, 0.25) is 0 Å². The van der Waals surface area contributed by atoms with Crippen molar-refractivity contribution < 1.29 is 23.5 Å². The van der Waals surface area contributed by atoms with Crippen LogP contribution in [0, 0.1) is 29.5 Å². The summed E-state index contributed by atoms with van der Waals surface area (Å²) in [5.74, 6) is -1.41. The molecule has 1 heterocycles. The lowest BCUT2D eigenvalue weighted by Crippen LogP contribution is -2.28. The van der Waals surface area contributed by atoms with Crippen LogP contribution >= 0.6 is 0 Å². The molecule has 1 N–H and O–H groups in total. The number of carbonyl (C=O) groups excluding carboxylic acids is 3. The molecule has 36 heavy (non-hydrogen) atoms. The number of halogens is 1. The van der Waals surface area contributed by atoms with E-state index in [1.54, 1.807) is 6.07 Å². The average Bonchev–Trinajstić information content (AvgIpc) is 3.57. The van der Waals surface area contributed by atoms with E-state index in [-0.39, 0.29) is 42.1 Å². The fourth-order valence-corrected chi connectivity index (χ4v) is 5.52. The monoisotopic (exact) mass is 483 g/mol. The fraction of sp³-hybridized carbons (Fsp3) is 0.214. The van der Waals surface area contributed by atoms with Crippen molar-refractivity contribution in [2.45, 2.75) is 6.42 Å². The summed E-state index contributed by atoms with van der Waals surface area (Å²) < 4.78 is 18.9. The van der Waals surface area contributed by atoms with Crippen molar-refractivity contribution in [3.8, 4) is 5.75 Å². The summed E-state index contributed by atoms with van der Waals surface area (Å²) in [6, 6.07) is 16.6. The molecule has 1 saturated heterocycles. The number of anilines is 1. The molecule has 0 aromatic heterocycles. The van der Waals surface area contributed by atoms with Crippen LogP contribution in [0.15, 0.2) is 77.9 Å². The number of hydrogen-bond donors (Lipinski definition) is 1. The second-order valence-corrected chi connectivity index (χ2v) is 9.27. The highest BCUT2D eigenvalue weighted by molar-refractivity contribution is 6.08. The minimum absolute atomic E-state index is 0.104. The smallest absolute Gasteiger partial charge is 0.262 e. The van der Waals surface area contributed by atoms with Crippen LogP contribution in [-0.4, -0.2) is 35.6 Å². The van der Waals surface area contributed by atoms with Crippen molar-refractivity contribution in [2.24, 2.45) is 28.8 Å². The number of hydrogen-bond acceptors (Lipinski definition) is 5. The Balaban J connectivity index is 1.24. The molecular formula is C28H22FN3O4. The molecular weight excluding hydrogens is 461 g/mol. The van der Waals surface area contributed by atoms with Crippen molar-refractivity contribution >= 4 is 40.4 Å². The first-order valence-corrected chi connectivity index (χ1v) is 11.8. The van der Waals surface area contributed by atoms with Crippen molar-refractivity contribution in [3.05, 3.63) is 84.2 Å². The van der Waals surface area contributed by atoms with Crippen molar-refractivity contribution in [3.63, 3.8) is 0 Å². The predicted molar refractivity (Wildman–Crippen MR) is 132 cm³/mol. The van der Waals surface area contributed by atoms with Gasteiger partial charge in [0.05, 0.1) is 18.1 Å². The van der Waals surface area contributed by atoms with Gasteiger partial charge < -0.3 is 10.1 Å². The molecule has 2 bridgehead atoms. The van der Waals surface area contributed by atoms with E-state index >= 15 is 0 Å². The topological polar surface area (TPSA) is 88.1 Å². The van der Waals surface area contributed by atoms with Crippen LogP contribution in [0.1, 0.15) is 12.0 Å². The Morgan fingerprint density at radius 3 is 2.42 bits per heavy atom. The number of benzene rings is 3. The van der Waals surface area contributed by atoms with Gasteiger partial charge in [-0.1, -0.05) is 42.5 Å². The number of amides is 3. The number of hydrazone groups is 1. The molecule has 3 amide bonds. The number of ether oxygens (including phenoxy) is 1. The van der Waals surface area contributed by atoms with Gasteiger partial charge in [-0.25, -0.2) is 4.39 Å². The molecule has 1 aliphatic heterocycles. The second-order valence-electron chi connectivity index (χ2n) is 9.27. The van der Waals surface area contributed by atoms with Crippen LogP contribution in [0.25, 0.3) is 10.8 Å². The van der Waals surface area contributed by atoms with Gasteiger partial charge in [0, 0.05) is 11.3 Å². The number of rotatable bonds is 6. The number of imide groups is 1. The summed E-state index contributed by atoms with van der Waals surface area (Å²) >= 11 is 0. The number of nitrogens with one attached hydrogen (secondary N) is 1. The Morgan fingerprint density at radius 1 is 1.00 bits per heavy atom. The molecule has 2 aliphatic carbocycles. The molecule has 3 aromatic carbocycles. The third-order valence-electron chi connectivity index (χ3n) is 7.17. The van der Waals surface area contributed by atoms with Crippen LogP contribution in [-0.2, 0) is 14.4 Å². The summed E-state index contributed by atoms with van der Waals surface area (Å²) in [7, 11) is 0. The van der Waals surface area contributed by atoms with Crippen LogP contribution in [0.3, 0.4) is 0 Å². The van der Waals surface area contributed by atoms with E-state index < -0.39 is 11.7 Å². The number of fused-ring (bicyclic) bond motifs is 6. The highest BCUT2D eigenvalue weighted by Gasteiger charge is 2.59. The molecule has 6 rings (SSSR count). The van der Waals surface area contributed by atoms with Gasteiger partial charge in [0.1, 0.15) is 11.6 Å². The van der Waals surface area contributed by atoms with E-state index in [9.17, 15) is 18.8 Å². The minimum Gasteiger partial charge on any atom is -0.483 e. The van der Waals surface area contributed by atoms with E-state index in [4.69, 9.17) is 4.74 Å². The molecule has 180 valence electrons. The Labute approximate surface area is 206 Å². The Bertz CT molecular complexity index is 1420. The fourth-order valence-electron chi connectivity index (χ4n) is 5.52. The highest BCUT2D eigenvalue weighted by atomic mass is 19.1. The maximum atomic E-state index is 13.1. The van der Waals surface area contributed by atoms with Crippen LogP contribution in [0.5, 0.6) is 5.75 Å². The lowest BCUT2D eigenvalue weighted by atomic mass is 9.85. The molecule has 0 radical (unpaired) electrons. The third kappa shape index (κ3) is 3.75. The molecule has 0 spiro atoms. The van der Waals surface area contributed by atoms with E-state index in [1.807, 2.05) is 42.5 Å². The molecule has 8 heteroatoms. The van der Waals surface area contributed by atoms with E-state index in [1.165, 1.54) is 30.5 Å². The van der Waals surface area contributed by atoms with Gasteiger partial charge in [0.25, 0.3) is 17.7 Å². The van der Waals surface area contributed by atoms with Crippen molar-refractivity contribution in [1.29, 1.82) is 0 Å². The second kappa shape index (κ2) is 8.71. The summed E-state index contributed by atoms with van der Waals surface area (Å²) in [4.78, 5) is 38.4. The largest absolute Gasteiger partial charge is 0.483 e. The maximum absolute atomic E-state index is 13.1. The molecule has 7 nitrogen and oxygen atoms in total. The SMILES string of the molecule is O=C(COc1ccc2ccccc2c1C=NN1C(=O)C2C3C=CC(C3)C2C1=O)Nc1ccc(F)cc1. The average molecular weight is 483 g/mol. The summed E-state index contributed by atoms with van der Waals surface area (Å²) in [5, 5.41) is 9.68. The van der Waals surface area contributed by atoms with Gasteiger partial charge in [0.2, 0.25) is 0 Å². The maximum Gasteiger partial charge on any atom is 0.262 e. The van der Waals surface area contributed by atoms with Gasteiger partial charge in [0.15, 0.2) is 6.61 Å².